The summed E-state index contributed by atoms with van der Waals surface area (Å²) in [7, 11) is 0. The highest BCUT2D eigenvalue weighted by molar-refractivity contribution is 6.02. The first-order valence-electron chi connectivity index (χ1n) is 8.21. The van der Waals surface area contributed by atoms with Gasteiger partial charge in [-0.2, -0.15) is 0 Å². The van der Waals surface area contributed by atoms with Gasteiger partial charge in [-0.15, -0.1) is 0 Å². The van der Waals surface area contributed by atoms with E-state index in [9.17, 15) is 9.59 Å². The van der Waals surface area contributed by atoms with Crippen molar-refractivity contribution < 1.29 is 4.79 Å². The predicted octanol–water partition coefficient (Wildman–Crippen LogP) is 2.99. The fourth-order valence-electron chi connectivity index (χ4n) is 3.20. The Bertz CT molecular complexity index is 776. The Morgan fingerprint density at radius 3 is 2.61 bits per heavy atom. The van der Waals surface area contributed by atoms with Gasteiger partial charge in [0.25, 0.3) is 11.5 Å². The van der Waals surface area contributed by atoms with Crippen molar-refractivity contribution in [3.8, 4) is 11.1 Å². The molecule has 0 aliphatic carbocycles. The first-order chi connectivity index (χ1) is 11.1. The average molecular weight is 310 g/mol. The number of rotatable bonds is 3. The van der Waals surface area contributed by atoms with Crippen molar-refractivity contribution >= 4 is 5.91 Å². The SMILES string of the molecule is CC(C)NC(=O)c1c(-c2ccccc2)cc(=O)n2c1CCCC2. The number of nitrogens with zero attached hydrogens (tertiary/aromatic N) is 1. The number of benzene rings is 1. The lowest BCUT2D eigenvalue weighted by molar-refractivity contribution is 0.0941. The van der Waals surface area contributed by atoms with Crippen LogP contribution >= 0.6 is 0 Å². The molecule has 0 bridgehead atoms. The van der Waals surface area contributed by atoms with E-state index < -0.39 is 0 Å². The largest absolute Gasteiger partial charge is 0.350 e. The molecule has 4 heteroatoms. The van der Waals surface area contributed by atoms with Crippen LogP contribution in [0.5, 0.6) is 0 Å². The molecule has 2 heterocycles. The first-order valence-corrected chi connectivity index (χ1v) is 8.21. The number of hydrogen-bond acceptors (Lipinski definition) is 2. The van der Waals surface area contributed by atoms with Crippen molar-refractivity contribution in [1.29, 1.82) is 0 Å². The monoisotopic (exact) mass is 310 g/mol. The molecule has 0 radical (unpaired) electrons. The molecular formula is C19H22N2O2. The van der Waals surface area contributed by atoms with E-state index in [2.05, 4.69) is 5.32 Å². The summed E-state index contributed by atoms with van der Waals surface area (Å²) in [5.74, 6) is -0.0931. The predicted molar refractivity (Wildman–Crippen MR) is 91.7 cm³/mol. The number of amides is 1. The topological polar surface area (TPSA) is 51.1 Å². The minimum atomic E-state index is -0.0931. The Labute approximate surface area is 136 Å². The minimum Gasteiger partial charge on any atom is -0.350 e. The molecule has 0 fully saturated rings. The smallest absolute Gasteiger partial charge is 0.253 e. The Morgan fingerprint density at radius 1 is 1.17 bits per heavy atom. The number of nitrogens with one attached hydrogen (secondary N) is 1. The second kappa shape index (κ2) is 6.41. The molecule has 23 heavy (non-hydrogen) atoms. The van der Waals surface area contributed by atoms with Crippen LogP contribution < -0.4 is 10.9 Å². The molecule has 0 atom stereocenters. The van der Waals surface area contributed by atoms with E-state index in [1.807, 2.05) is 44.2 Å². The molecule has 1 aromatic heterocycles. The third-order valence-electron chi connectivity index (χ3n) is 4.19. The Morgan fingerprint density at radius 2 is 1.91 bits per heavy atom. The maximum Gasteiger partial charge on any atom is 0.253 e. The molecule has 0 saturated heterocycles. The van der Waals surface area contributed by atoms with Gasteiger partial charge >= 0.3 is 0 Å². The van der Waals surface area contributed by atoms with E-state index in [-0.39, 0.29) is 17.5 Å². The molecule has 2 aromatic rings. The summed E-state index contributed by atoms with van der Waals surface area (Å²) in [4.78, 5) is 25.3. The number of fused-ring (bicyclic) bond motifs is 1. The van der Waals surface area contributed by atoms with Crippen LogP contribution in [-0.2, 0) is 13.0 Å². The van der Waals surface area contributed by atoms with E-state index in [4.69, 9.17) is 0 Å². The average Bonchev–Trinajstić information content (AvgIpc) is 2.55. The van der Waals surface area contributed by atoms with E-state index >= 15 is 0 Å². The van der Waals surface area contributed by atoms with Crippen LogP contribution in [0.2, 0.25) is 0 Å². The lowest BCUT2D eigenvalue weighted by atomic mass is 9.94. The van der Waals surface area contributed by atoms with Crippen LogP contribution in [0.1, 0.15) is 42.7 Å². The lowest BCUT2D eigenvalue weighted by Crippen LogP contribution is -2.35. The minimum absolute atomic E-state index is 0.0142. The van der Waals surface area contributed by atoms with Gasteiger partial charge in [0.05, 0.1) is 5.56 Å². The van der Waals surface area contributed by atoms with E-state index in [1.165, 1.54) is 0 Å². The summed E-state index contributed by atoms with van der Waals surface area (Å²) >= 11 is 0. The Kier molecular flexibility index (Phi) is 4.33. The molecule has 4 nitrogen and oxygen atoms in total. The van der Waals surface area contributed by atoms with Gasteiger partial charge in [-0.3, -0.25) is 9.59 Å². The summed E-state index contributed by atoms with van der Waals surface area (Å²) < 4.78 is 1.77. The summed E-state index contributed by atoms with van der Waals surface area (Å²) in [6, 6.07) is 11.3. The molecule has 1 aromatic carbocycles. The van der Waals surface area contributed by atoms with Gasteiger partial charge < -0.3 is 9.88 Å². The molecular weight excluding hydrogens is 288 g/mol. The van der Waals surface area contributed by atoms with Crippen LogP contribution in [0.15, 0.2) is 41.2 Å². The zero-order valence-corrected chi connectivity index (χ0v) is 13.6. The fourth-order valence-corrected chi connectivity index (χ4v) is 3.20. The molecule has 120 valence electrons. The second-order valence-electron chi connectivity index (χ2n) is 6.32. The van der Waals surface area contributed by atoms with Crippen LogP contribution in [0.25, 0.3) is 11.1 Å². The summed E-state index contributed by atoms with van der Waals surface area (Å²) in [6.45, 7) is 4.59. The van der Waals surface area contributed by atoms with Crippen LogP contribution in [-0.4, -0.2) is 16.5 Å². The van der Waals surface area contributed by atoms with Crippen molar-refractivity contribution in [2.24, 2.45) is 0 Å². The Hall–Kier alpha value is -2.36. The number of hydrogen-bond donors (Lipinski definition) is 1. The third-order valence-corrected chi connectivity index (χ3v) is 4.19. The van der Waals surface area contributed by atoms with E-state index in [0.29, 0.717) is 12.1 Å². The summed E-state index contributed by atoms with van der Waals surface area (Å²) in [6.07, 6.45) is 2.78. The van der Waals surface area contributed by atoms with Gasteiger partial charge in [-0.25, -0.2) is 0 Å². The molecule has 1 aliphatic rings. The molecule has 0 saturated carbocycles. The number of carbonyl (C=O) groups is 1. The molecule has 1 N–H and O–H groups in total. The van der Waals surface area contributed by atoms with Crippen LogP contribution in [0, 0.1) is 0 Å². The van der Waals surface area contributed by atoms with E-state index in [0.717, 1.165) is 36.1 Å². The molecule has 3 rings (SSSR count). The maximum absolute atomic E-state index is 12.8. The number of aromatic nitrogens is 1. The highest BCUT2D eigenvalue weighted by Crippen LogP contribution is 2.27. The normalized spacial score (nSPS) is 13.7. The van der Waals surface area contributed by atoms with Crippen molar-refractivity contribution in [2.45, 2.75) is 45.7 Å². The second-order valence-corrected chi connectivity index (χ2v) is 6.32. The van der Waals surface area contributed by atoms with Crippen molar-refractivity contribution in [1.82, 2.24) is 9.88 Å². The van der Waals surface area contributed by atoms with Gasteiger partial charge in [0, 0.05) is 29.9 Å². The van der Waals surface area contributed by atoms with Gasteiger partial charge in [-0.1, -0.05) is 30.3 Å². The maximum atomic E-state index is 12.8. The summed E-state index contributed by atoms with van der Waals surface area (Å²) in [5.41, 5.74) is 3.17. The van der Waals surface area contributed by atoms with Gasteiger partial charge in [0.2, 0.25) is 0 Å². The number of pyridine rings is 1. The van der Waals surface area contributed by atoms with Crippen LogP contribution in [0.4, 0.5) is 0 Å². The molecule has 0 unspecified atom stereocenters. The fraction of sp³-hybridized carbons (Fsp3) is 0.368. The molecule has 1 amide bonds. The molecule has 0 spiro atoms. The van der Waals surface area contributed by atoms with Gasteiger partial charge in [0.15, 0.2) is 0 Å². The third kappa shape index (κ3) is 3.07. The zero-order chi connectivity index (χ0) is 16.4. The first kappa shape index (κ1) is 15.5. The van der Waals surface area contributed by atoms with E-state index in [1.54, 1.807) is 10.6 Å². The zero-order valence-electron chi connectivity index (χ0n) is 13.6. The molecule has 1 aliphatic heterocycles. The summed E-state index contributed by atoms with van der Waals surface area (Å²) in [5, 5.41) is 2.98. The van der Waals surface area contributed by atoms with Crippen LogP contribution in [0.3, 0.4) is 0 Å². The van der Waals surface area contributed by atoms with Crippen molar-refractivity contribution in [3.63, 3.8) is 0 Å². The lowest BCUT2D eigenvalue weighted by Gasteiger charge is -2.24. The Balaban J connectivity index is 2.24. The quantitative estimate of drug-likeness (QED) is 0.947. The van der Waals surface area contributed by atoms with Crippen molar-refractivity contribution in [2.75, 3.05) is 0 Å². The van der Waals surface area contributed by atoms with Gasteiger partial charge in [0.1, 0.15) is 0 Å². The van der Waals surface area contributed by atoms with Crippen molar-refractivity contribution in [3.05, 3.63) is 58.0 Å². The highest BCUT2D eigenvalue weighted by Gasteiger charge is 2.24. The van der Waals surface area contributed by atoms with Gasteiger partial charge in [-0.05, 0) is 38.7 Å². The number of carbonyl (C=O) groups excluding carboxylic acids is 1. The highest BCUT2D eigenvalue weighted by atomic mass is 16.2. The standard InChI is InChI=1S/C19H22N2O2/c1-13(2)20-19(23)18-15(14-8-4-3-5-9-14)12-17(22)21-11-7-6-10-16(18)21/h3-5,8-9,12-13H,6-7,10-11H2,1-2H3,(H,20,23).